The van der Waals surface area contributed by atoms with E-state index in [9.17, 15) is 18.0 Å². The molecule has 0 bridgehead atoms. The van der Waals surface area contributed by atoms with Gasteiger partial charge in [-0.25, -0.2) is 8.42 Å². The van der Waals surface area contributed by atoms with E-state index in [4.69, 9.17) is 23.2 Å². The van der Waals surface area contributed by atoms with Crippen molar-refractivity contribution in [2.45, 2.75) is 57.6 Å². The average molecular weight is 667 g/mol. The van der Waals surface area contributed by atoms with Gasteiger partial charge in [0.1, 0.15) is 12.6 Å². The van der Waals surface area contributed by atoms with Crippen LogP contribution >= 0.6 is 23.2 Å². The quantitative estimate of drug-likeness (QED) is 0.177. The minimum Gasteiger partial charge on any atom is -0.352 e. The largest absolute Gasteiger partial charge is 0.352 e. The van der Waals surface area contributed by atoms with Gasteiger partial charge in [-0.1, -0.05) is 89.9 Å². The van der Waals surface area contributed by atoms with Crippen molar-refractivity contribution in [1.29, 1.82) is 0 Å². The van der Waals surface area contributed by atoms with Gasteiger partial charge in [-0.15, -0.1) is 0 Å². The Balaban J connectivity index is 1.86. The fourth-order valence-electron chi connectivity index (χ4n) is 5.03. The van der Waals surface area contributed by atoms with E-state index in [-0.39, 0.29) is 29.8 Å². The first kappa shape index (κ1) is 34.0. The molecule has 4 rings (SSSR count). The topological polar surface area (TPSA) is 86.8 Å². The summed E-state index contributed by atoms with van der Waals surface area (Å²) in [6, 6.07) is 26.4. The number of carbonyl (C=O) groups excluding carboxylic acids is 2. The molecule has 0 fully saturated rings. The first-order valence-corrected chi connectivity index (χ1v) is 16.8. The minimum absolute atomic E-state index is 0.0396. The molecule has 0 aromatic heterocycles. The smallest absolute Gasteiger partial charge is 0.264 e. The summed E-state index contributed by atoms with van der Waals surface area (Å²) < 4.78 is 29.5. The second kappa shape index (κ2) is 15.0. The van der Waals surface area contributed by atoms with Crippen LogP contribution in [0.15, 0.2) is 102 Å². The van der Waals surface area contributed by atoms with E-state index in [0.717, 1.165) is 15.4 Å². The van der Waals surface area contributed by atoms with E-state index in [1.807, 2.05) is 64.1 Å². The second-order valence-electron chi connectivity index (χ2n) is 11.1. The van der Waals surface area contributed by atoms with E-state index < -0.39 is 28.5 Å². The van der Waals surface area contributed by atoms with Crippen LogP contribution in [0, 0.1) is 13.8 Å². The number of hydrogen-bond donors (Lipinski definition) is 1. The van der Waals surface area contributed by atoms with Gasteiger partial charge in [-0.3, -0.25) is 13.9 Å². The normalized spacial score (nSPS) is 12.1. The maximum atomic E-state index is 14.6. The standard InChI is InChI=1S/C35H37Cl2N3O4S/c1-24(2)38-35(42)33(21-27-14-7-5-8-15-27)39(22-29-30(36)18-12-19-31(29)37)34(41)23-40(32-20-11-13-25(3)26(32)4)45(43,44)28-16-9-6-10-17-28/h5-20,24,33H,21-23H2,1-4H3,(H,38,42)/t33-/m0/s1. The monoisotopic (exact) mass is 665 g/mol. The Morgan fingerprint density at radius 3 is 1.98 bits per heavy atom. The van der Waals surface area contributed by atoms with Crippen LogP contribution in [0.25, 0.3) is 0 Å². The molecule has 0 unspecified atom stereocenters. The summed E-state index contributed by atoms with van der Waals surface area (Å²) in [6.07, 6.45) is 0.183. The lowest BCUT2D eigenvalue weighted by Gasteiger charge is -2.35. The summed E-state index contributed by atoms with van der Waals surface area (Å²) in [5.41, 5.74) is 3.23. The van der Waals surface area contributed by atoms with Gasteiger partial charge in [-0.05, 0) is 74.7 Å². The average Bonchev–Trinajstić information content (AvgIpc) is 3.01. The highest BCUT2D eigenvalue weighted by Gasteiger charge is 2.35. The highest BCUT2D eigenvalue weighted by atomic mass is 35.5. The number of halogens is 2. The second-order valence-corrected chi connectivity index (χ2v) is 13.8. The van der Waals surface area contributed by atoms with Gasteiger partial charge >= 0.3 is 0 Å². The number of amides is 2. The zero-order valence-electron chi connectivity index (χ0n) is 25.7. The SMILES string of the molecule is Cc1cccc(N(CC(=O)N(Cc2c(Cl)cccc2Cl)[C@@H](Cc2ccccc2)C(=O)NC(C)C)S(=O)(=O)c2ccccc2)c1C. The molecule has 7 nitrogen and oxygen atoms in total. The molecule has 236 valence electrons. The first-order valence-electron chi connectivity index (χ1n) is 14.6. The molecule has 2 amide bonds. The van der Waals surface area contributed by atoms with Crippen LogP contribution in [0.4, 0.5) is 5.69 Å². The fourth-order valence-corrected chi connectivity index (χ4v) is 7.04. The van der Waals surface area contributed by atoms with Crippen LogP contribution < -0.4 is 9.62 Å². The molecular weight excluding hydrogens is 629 g/mol. The number of aryl methyl sites for hydroxylation is 1. The van der Waals surface area contributed by atoms with E-state index in [1.165, 1.54) is 17.0 Å². The Labute approximate surface area is 275 Å². The highest BCUT2D eigenvalue weighted by Crippen LogP contribution is 2.31. The third-order valence-electron chi connectivity index (χ3n) is 7.55. The maximum Gasteiger partial charge on any atom is 0.264 e. The lowest BCUT2D eigenvalue weighted by molar-refractivity contribution is -0.140. The van der Waals surface area contributed by atoms with E-state index in [2.05, 4.69) is 5.32 Å². The van der Waals surface area contributed by atoms with Gasteiger partial charge < -0.3 is 10.2 Å². The zero-order valence-corrected chi connectivity index (χ0v) is 28.0. The van der Waals surface area contributed by atoms with Crippen molar-refractivity contribution >= 4 is 50.7 Å². The Morgan fingerprint density at radius 2 is 1.38 bits per heavy atom. The predicted octanol–water partition coefficient (Wildman–Crippen LogP) is 6.97. The number of sulfonamides is 1. The molecule has 0 saturated heterocycles. The lowest BCUT2D eigenvalue weighted by atomic mass is 10.0. The minimum atomic E-state index is -4.20. The molecule has 0 radical (unpaired) electrons. The zero-order chi connectivity index (χ0) is 32.7. The van der Waals surface area contributed by atoms with Gasteiger partial charge in [-0.2, -0.15) is 0 Å². The van der Waals surface area contributed by atoms with Crippen molar-refractivity contribution in [3.63, 3.8) is 0 Å². The van der Waals surface area contributed by atoms with Gasteiger partial charge in [0.15, 0.2) is 0 Å². The fraction of sp³-hybridized carbons (Fsp3) is 0.257. The van der Waals surface area contributed by atoms with Crippen LogP contribution in [0.3, 0.4) is 0 Å². The number of anilines is 1. The van der Waals surface area contributed by atoms with Crippen LogP contribution in [0.2, 0.25) is 10.0 Å². The maximum absolute atomic E-state index is 14.6. The molecule has 0 heterocycles. The molecule has 0 saturated carbocycles. The van der Waals surface area contributed by atoms with Crippen LogP contribution in [-0.2, 0) is 32.6 Å². The number of rotatable bonds is 12. The van der Waals surface area contributed by atoms with E-state index in [1.54, 1.807) is 48.5 Å². The highest BCUT2D eigenvalue weighted by molar-refractivity contribution is 7.92. The van der Waals surface area contributed by atoms with Crippen LogP contribution in [0.5, 0.6) is 0 Å². The Morgan fingerprint density at radius 1 is 0.800 bits per heavy atom. The van der Waals surface area contributed by atoms with Gasteiger partial charge in [0.05, 0.1) is 10.6 Å². The summed E-state index contributed by atoms with van der Waals surface area (Å²) in [7, 11) is -4.20. The van der Waals surface area contributed by atoms with E-state index in [0.29, 0.717) is 26.9 Å². The number of benzene rings is 4. The van der Waals surface area contributed by atoms with Crippen molar-refractivity contribution in [2.24, 2.45) is 0 Å². The molecule has 10 heteroatoms. The molecule has 0 aliphatic heterocycles. The molecule has 4 aromatic carbocycles. The van der Waals surface area contributed by atoms with Crippen LogP contribution in [-0.4, -0.2) is 43.8 Å². The Kier molecular flexibility index (Phi) is 11.3. The van der Waals surface area contributed by atoms with Crippen molar-refractivity contribution in [1.82, 2.24) is 10.2 Å². The number of hydrogen-bond acceptors (Lipinski definition) is 4. The lowest BCUT2D eigenvalue weighted by Crippen LogP contribution is -2.54. The van der Waals surface area contributed by atoms with Gasteiger partial charge in [0.2, 0.25) is 11.8 Å². The predicted molar refractivity (Wildman–Crippen MR) is 181 cm³/mol. The third-order valence-corrected chi connectivity index (χ3v) is 10.0. The molecule has 0 spiro atoms. The van der Waals surface area contributed by atoms with Crippen molar-refractivity contribution in [2.75, 3.05) is 10.8 Å². The number of carbonyl (C=O) groups is 2. The summed E-state index contributed by atoms with van der Waals surface area (Å²) in [5.74, 6) is -0.971. The van der Waals surface area contributed by atoms with Crippen molar-refractivity contribution in [3.8, 4) is 0 Å². The molecule has 4 aromatic rings. The van der Waals surface area contributed by atoms with Gasteiger partial charge in [0.25, 0.3) is 10.0 Å². The molecule has 45 heavy (non-hydrogen) atoms. The Bertz CT molecular complexity index is 1730. The summed E-state index contributed by atoms with van der Waals surface area (Å²) in [5, 5.41) is 3.59. The Hall–Kier alpha value is -3.85. The first-order chi connectivity index (χ1) is 21.4. The number of nitrogens with zero attached hydrogens (tertiary/aromatic N) is 2. The van der Waals surface area contributed by atoms with Crippen molar-refractivity contribution in [3.05, 3.63) is 129 Å². The molecule has 0 aliphatic rings. The molecule has 1 atom stereocenters. The summed E-state index contributed by atoms with van der Waals surface area (Å²) in [4.78, 5) is 29.9. The van der Waals surface area contributed by atoms with Crippen LogP contribution in [0.1, 0.15) is 36.1 Å². The number of nitrogens with one attached hydrogen (secondary N) is 1. The molecule has 0 aliphatic carbocycles. The van der Waals surface area contributed by atoms with E-state index >= 15 is 0 Å². The summed E-state index contributed by atoms with van der Waals surface area (Å²) >= 11 is 13.1. The summed E-state index contributed by atoms with van der Waals surface area (Å²) in [6.45, 7) is 6.69. The van der Waals surface area contributed by atoms with Gasteiger partial charge in [0, 0.05) is 34.6 Å². The van der Waals surface area contributed by atoms with Crippen molar-refractivity contribution < 1.29 is 18.0 Å². The molecule has 1 N–H and O–H groups in total. The third kappa shape index (κ3) is 8.25. The molecular formula is C35H37Cl2N3O4S.